The molecule has 0 aromatic carbocycles. The zero-order chi connectivity index (χ0) is 13.1. The van der Waals surface area contributed by atoms with Crippen molar-refractivity contribution in [2.75, 3.05) is 7.11 Å². The van der Waals surface area contributed by atoms with Crippen molar-refractivity contribution >= 4 is 5.97 Å². The molecule has 0 aliphatic heterocycles. The molecule has 5 nitrogen and oxygen atoms in total. The van der Waals surface area contributed by atoms with E-state index in [0.29, 0.717) is 0 Å². The number of hydrogen-bond donors (Lipinski definition) is 0. The number of hydrogen-bond acceptors (Lipinski definition) is 4. The molecule has 0 fully saturated rings. The van der Waals surface area contributed by atoms with E-state index in [1.807, 2.05) is 0 Å². The van der Waals surface area contributed by atoms with Gasteiger partial charge in [-0.3, -0.25) is 10.1 Å². The van der Waals surface area contributed by atoms with Crippen LogP contribution in [0.2, 0.25) is 0 Å². The minimum atomic E-state index is -1.92. The van der Waals surface area contributed by atoms with Gasteiger partial charge in [0.25, 0.3) is 0 Å². The number of ether oxygens (including phenoxy) is 1. The predicted molar refractivity (Wildman–Crippen MR) is 58.4 cm³/mol. The summed E-state index contributed by atoms with van der Waals surface area (Å²) >= 11 is 0. The van der Waals surface area contributed by atoms with E-state index in [9.17, 15) is 19.3 Å². The average molecular weight is 241 g/mol. The van der Waals surface area contributed by atoms with Crippen LogP contribution in [-0.2, 0) is 9.53 Å². The van der Waals surface area contributed by atoms with Gasteiger partial charge in [-0.25, -0.2) is 9.18 Å². The van der Waals surface area contributed by atoms with Gasteiger partial charge in [-0.1, -0.05) is 6.08 Å². The number of carbonyl (C=O) groups is 1. The molecule has 0 saturated heterocycles. The first-order chi connectivity index (χ1) is 7.88. The monoisotopic (exact) mass is 241 g/mol. The van der Waals surface area contributed by atoms with Gasteiger partial charge in [-0.2, -0.15) is 0 Å². The quantitative estimate of drug-likeness (QED) is 0.430. The summed E-state index contributed by atoms with van der Waals surface area (Å²) in [6.45, 7) is 1.22. The zero-order valence-electron chi connectivity index (χ0n) is 9.47. The number of methoxy groups -OCH3 is 1. The fraction of sp³-hybridized carbons (Fsp3) is 0.364. The minimum absolute atomic E-state index is 0.126. The topological polar surface area (TPSA) is 69.4 Å². The Kier molecular flexibility index (Phi) is 3.77. The molecule has 0 aromatic rings. The first-order valence-electron chi connectivity index (χ1n) is 4.88. The van der Waals surface area contributed by atoms with E-state index in [2.05, 4.69) is 4.74 Å². The molecule has 1 aliphatic carbocycles. The molecule has 0 saturated carbocycles. The summed E-state index contributed by atoms with van der Waals surface area (Å²) in [6.07, 6.45) is 4.54. The molecule has 1 atom stereocenters. The molecule has 0 aromatic heterocycles. The van der Waals surface area contributed by atoms with E-state index >= 15 is 0 Å². The third-order valence-electron chi connectivity index (χ3n) is 2.33. The summed E-state index contributed by atoms with van der Waals surface area (Å²) in [5.41, 5.74) is -1.95. The van der Waals surface area contributed by atoms with Crippen molar-refractivity contribution in [3.63, 3.8) is 0 Å². The normalized spacial score (nSPS) is 24.2. The van der Waals surface area contributed by atoms with Crippen LogP contribution < -0.4 is 0 Å². The van der Waals surface area contributed by atoms with Gasteiger partial charge in [0.05, 0.1) is 17.6 Å². The lowest BCUT2D eigenvalue weighted by molar-refractivity contribution is -0.425. The van der Waals surface area contributed by atoms with Gasteiger partial charge in [0.1, 0.15) is 0 Å². The summed E-state index contributed by atoms with van der Waals surface area (Å²) in [7, 11) is 1.23. The molecular weight excluding hydrogens is 229 g/mol. The van der Waals surface area contributed by atoms with E-state index in [1.54, 1.807) is 0 Å². The van der Waals surface area contributed by atoms with Gasteiger partial charge in [0.2, 0.25) is 5.70 Å². The summed E-state index contributed by atoms with van der Waals surface area (Å²) in [4.78, 5) is 20.9. The number of alkyl halides is 1. The Morgan fingerprint density at radius 2 is 2.35 bits per heavy atom. The summed E-state index contributed by atoms with van der Waals surface area (Å²) < 4.78 is 18.5. The lowest BCUT2D eigenvalue weighted by Crippen LogP contribution is -2.21. The van der Waals surface area contributed by atoms with Crippen molar-refractivity contribution in [2.24, 2.45) is 0 Å². The van der Waals surface area contributed by atoms with Crippen LogP contribution in [0.15, 0.2) is 35.6 Å². The summed E-state index contributed by atoms with van der Waals surface area (Å²) in [5, 5.41) is 10.4. The summed E-state index contributed by atoms with van der Waals surface area (Å²) in [6, 6.07) is 0. The number of carbonyl (C=O) groups excluding carboxylic acids is 1. The Labute approximate surface area is 97.4 Å². The standard InChI is InChI=1S/C11H12FNO4/c1-8(13(15)16)7-11(12)5-3-9(4-6-11)10(14)17-2/h3-5,7H,6H2,1-2H3/b8-7+. The first kappa shape index (κ1) is 13.1. The number of nitro groups is 1. The number of halogens is 1. The van der Waals surface area contributed by atoms with Gasteiger partial charge in [0.15, 0.2) is 5.67 Å². The van der Waals surface area contributed by atoms with Gasteiger partial charge in [-0.05, 0) is 12.2 Å². The fourth-order valence-corrected chi connectivity index (χ4v) is 1.41. The van der Waals surface area contributed by atoms with Gasteiger partial charge in [-0.15, -0.1) is 0 Å². The molecular formula is C11H12FNO4. The van der Waals surface area contributed by atoms with Crippen molar-refractivity contribution in [2.45, 2.75) is 19.0 Å². The van der Waals surface area contributed by atoms with Gasteiger partial charge in [0, 0.05) is 19.4 Å². The summed E-state index contributed by atoms with van der Waals surface area (Å²) in [5.74, 6) is -0.557. The fourth-order valence-electron chi connectivity index (χ4n) is 1.41. The Bertz CT molecular complexity index is 439. The highest BCUT2D eigenvalue weighted by Gasteiger charge is 2.29. The van der Waals surface area contributed by atoms with Crippen LogP contribution in [0.4, 0.5) is 4.39 Å². The Morgan fingerprint density at radius 3 is 2.76 bits per heavy atom. The highest BCUT2D eigenvalue weighted by atomic mass is 19.1. The number of rotatable bonds is 3. The van der Waals surface area contributed by atoms with Crippen molar-refractivity contribution in [1.29, 1.82) is 0 Å². The predicted octanol–water partition coefficient (Wildman–Crippen LogP) is 1.93. The van der Waals surface area contributed by atoms with E-state index in [4.69, 9.17) is 0 Å². The molecule has 1 unspecified atom stereocenters. The van der Waals surface area contributed by atoms with E-state index < -0.39 is 16.6 Å². The van der Waals surface area contributed by atoms with Crippen LogP contribution in [-0.4, -0.2) is 23.7 Å². The third kappa shape index (κ3) is 3.24. The highest BCUT2D eigenvalue weighted by Crippen LogP contribution is 2.28. The second-order valence-corrected chi connectivity index (χ2v) is 3.66. The SMILES string of the molecule is COC(=O)C1=CCC(F)(/C=C(\C)[N+](=O)[O-])C=C1. The molecule has 1 aliphatic rings. The van der Waals surface area contributed by atoms with Gasteiger partial charge < -0.3 is 4.74 Å². The number of allylic oxidation sites excluding steroid dienone is 4. The third-order valence-corrected chi connectivity index (χ3v) is 2.33. The molecule has 92 valence electrons. The largest absolute Gasteiger partial charge is 0.465 e. The second-order valence-electron chi connectivity index (χ2n) is 3.66. The Hall–Kier alpha value is -1.98. The van der Waals surface area contributed by atoms with Crippen LogP contribution in [0.5, 0.6) is 0 Å². The smallest absolute Gasteiger partial charge is 0.337 e. The number of nitrogens with zero attached hydrogens (tertiary/aromatic N) is 1. The molecule has 0 spiro atoms. The maximum absolute atomic E-state index is 14.1. The average Bonchev–Trinajstić information content (AvgIpc) is 2.28. The molecule has 1 rings (SSSR count). The van der Waals surface area contributed by atoms with Crippen molar-refractivity contribution < 1.29 is 18.8 Å². The lowest BCUT2D eigenvalue weighted by atomic mass is 9.93. The zero-order valence-corrected chi connectivity index (χ0v) is 9.47. The molecule has 0 bridgehead atoms. The maximum Gasteiger partial charge on any atom is 0.337 e. The van der Waals surface area contributed by atoms with E-state index in [0.717, 1.165) is 12.2 Å². The highest BCUT2D eigenvalue weighted by molar-refractivity contribution is 5.91. The second kappa shape index (κ2) is 4.90. The van der Waals surface area contributed by atoms with Crippen LogP contribution in [0.25, 0.3) is 0 Å². The number of esters is 1. The van der Waals surface area contributed by atoms with Crippen LogP contribution in [0.1, 0.15) is 13.3 Å². The Morgan fingerprint density at radius 1 is 1.71 bits per heavy atom. The van der Waals surface area contributed by atoms with Crippen molar-refractivity contribution in [3.05, 3.63) is 45.7 Å². The van der Waals surface area contributed by atoms with Crippen LogP contribution >= 0.6 is 0 Å². The molecule has 0 radical (unpaired) electrons. The molecule has 0 N–H and O–H groups in total. The molecule has 17 heavy (non-hydrogen) atoms. The van der Waals surface area contributed by atoms with Crippen molar-refractivity contribution in [1.82, 2.24) is 0 Å². The van der Waals surface area contributed by atoms with Crippen LogP contribution in [0, 0.1) is 10.1 Å². The first-order valence-corrected chi connectivity index (χ1v) is 4.88. The van der Waals surface area contributed by atoms with E-state index in [-0.39, 0.29) is 17.7 Å². The van der Waals surface area contributed by atoms with Crippen LogP contribution in [0.3, 0.4) is 0 Å². The minimum Gasteiger partial charge on any atom is -0.465 e. The van der Waals surface area contributed by atoms with Gasteiger partial charge >= 0.3 is 5.97 Å². The maximum atomic E-state index is 14.1. The van der Waals surface area contributed by atoms with Crippen molar-refractivity contribution in [3.8, 4) is 0 Å². The Balaban J connectivity index is 2.85. The van der Waals surface area contributed by atoms with E-state index in [1.165, 1.54) is 26.2 Å². The molecule has 6 heteroatoms. The molecule has 0 amide bonds. The molecule has 0 heterocycles. The lowest BCUT2D eigenvalue weighted by Gasteiger charge is -2.18.